The Balaban J connectivity index is 2.05. The summed E-state index contributed by atoms with van der Waals surface area (Å²) in [7, 11) is 0. The molecule has 0 radical (unpaired) electrons. The number of aliphatic hydroxyl groups is 1. The van der Waals surface area contributed by atoms with E-state index in [0.717, 1.165) is 0 Å². The molecule has 0 bridgehead atoms. The summed E-state index contributed by atoms with van der Waals surface area (Å²) >= 11 is 0. The number of aliphatic carboxylic acids is 1. The van der Waals surface area contributed by atoms with E-state index in [1.807, 2.05) is 0 Å². The Bertz CT molecular complexity index is 485. The number of nitrogens with two attached hydrogens (primary N) is 1. The minimum absolute atomic E-state index is 0.273. The number of nitrogen functional groups attached to an aromatic ring is 1. The van der Waals surface area contributed by atoms with Gasteiger partial charge in [-0.15, -0.1) is 0 Å². The van der Waals surface area contributed by atoms with E-state index >= 15 is 0 Å². The monoisotopic (exact) mass is 268 g/mol. The van der Waals surface area contributed by atoms with Crippen molar-refractivity contribution >= 4 is 17.3 Å². The highest BCUT2D eigenvalue weighted by Crippen LogP contribution is 2.30. The third-order valence-corrected chi connectivity index (χ3v) is 3.49. The van der Waals surface area contributed by atoms with Crippen LogP contribution in [0.1, 0.15) is 19.3 Å². The van der Waals surface area contributed by atoms with Gasteiger partial charge in [-0.1, -0.05) is 0 Å². The normalized spacial score (nSPS) is 18.3. The van der Waals surface area contributed by atoms with E-state index < -0.39 is 17.4 Å². The van der Waals surface area contributed by atoms with Crippen molar-refractivity contribution in [3.05, 3.63) is 24.0 Å². The van der Waals surface area contributed by atoms with Gasteiger partial charge in [0, 0.05) is 18.8 Å². The third-order valence-electron chi connectivity index (χ3n) is 3.49. The molecule has 0 aromatic heterocycles. The minimum atomic E-state index is -1.19. The first-order chi connectivity index (χ1) is 8.89. The predicted molar refractivity (Wildman–Crippen MR) is 69.5 cm³/mol. The fourth-order valence-electron chi connectivity index (χ4n) is 2.40. The maximum atomic E-state index is 13.8. The third kappa shape index (κ3) is 3.14. The van der Waals surface area contributed by atoms with Crippen molar-refractivity contribution in [1.82, 2.24) is 0 Å². The Morgan fingerprint density at radius 3 is 2.58 bits per heavy atom. The Morgan fingerprint density at radius 1 is 1.42 bits per heavy atom. The van der Waals surface area contributed by atoms with Gasteiger partial charge in [-0.05, 0) is 31.0 Å². The molecule has 0 atom stereocenters. The fraction of sp³-hybridized carbons (Fsp3) is 0.462. The van der Waals surface area contributed by atoms with Gasteiger partial charge < -0.3 is 20.8 Å². The summed E-state index contributed by atoms with van der Waals surface area (Å²) in [6.07, 6.45) is 0.345. The van der Waals surface area contributed by atoms with E-state index in [0.29, 0.717) is 37.3 Å². The lowest BCUT2D eigenvalue weighted by atomic mass is 9.88. The zero-order valence-electron chi connectivity index (χ0n) is 10.5. The largest absolute Gasteiger partial charge is 0.481 e. The van der Waals surface area contributed by atoms with Gasteiger partial charge in [-0.2, -0.15) is 0 Å². The minimum Gasteiger partial charge on any atom is -0.481 e. The lowest BCUT2D eigenvalue weighted by molar-refractivity contribution is -0.143. The van der Waals surface area contributed by atoms with E-state index in [9.17, 15) is 14.3 Å². The van der Waals surface area contributed by atoms with Crippen molar-refractivity contribution in [2.75, 3.05) is 23.7 Å². The summed E-state index contributed by atoms with van der Waals surface area (Å²) in [5.74, 6) is -1.42. The SMILES string of the molecule is Nc1ccc(N2CCC(O)(CC(=O)O)CC2)c(F)c1. The first-order valence-electron chi connectivity index (χ1n) is 6.14. The van der Waals surface area contributed by atoms with Crippen molar-refractivity contribution in [3.63, 3.8) is 0 Å². The average molecular weight is 268 g/mol. The molecule has 2 rings (SSSR count). The first-order valence-corrected chi connectivity index (χ1v) is 6.14. The number of hydrogen-bond acceptors (Lipinski definition) is 4. The lowest BCUT2D eigenvalue weighted by Gasteiger charge is -2.38. The molecule has 1 heterocycles. The van der Waals surface area contributed by atoms with Gasteiger partial charge in [0.05, 0.1) is 17.7 Å². The van der Waals surface area contributed by atoms with Crippen LogP contribution in [0.5, 0.6) is 0 Å². The van der Waals surface area contributed by atoms with Crippen LogP contribution in [0.2, 0.25) is 0 Å². The number of benzene rings is 1. The van der Waals surface area contributed by atoms with Crippen LogP contribution in [-0.4, -0.2) is 34.9 Å². The maximum absolute atomic E-state index is 13.8. The van der Waals surface area contributed by atoms with E-state index in [1.165, 1.54) is 6.07 Å². The molecule has 1 saturated heterocycles. The quantitative estimate of drug-likeness (QED) is 0.717. The first kappa shape index (κ1) is 13.6. The maximum Gasteiger partial charge on any atom is 0.306 e. The van der Waals surface area contributed by atoms with Crippen molar-refractivity contribution in [1.29, 1.82) is 0 Å². The van der Waals surface area contributed by atoms with Gasteiger partial charge in [-0.25, -0.2) is 4.39 Å². The molecule has 1 aliphatic rings. The molecule has 19 heavy (non-hydrogen) atoms. The second-order valence-electron chi connectivity index (χ2n) is 4.99. The van der Waals surface area contributed by atoms with Crippen molar-refractivity contribution < 1.29 is 19.4 Å². The number of carbonyl (C=O) groups is 1. The number of rotatable bonds is 3. The molecule has 1 aliphatic heterocycles. The highest BCUT2D eigenvalue weighted by atomic mass is 19.1. The average Bonchev–Trinajstić information content (AvgIpc) is 2.29. The van der Waals surface area contributed by atoms with Crippen LogP contribution in [0, 0.1) is 5.82 Å². The second kappa shape index (κ2) is 5.05. The Morgan fingerprint density at radius 2 is 2.05 bits per heavy atom. The number of anilines is 2. The van der Waals surface area contributed by atoms with Crippen molar-refractivity contribution in [2.24, 2.45) is 0 Å². The Labute approximate surface area is 110 Å². The van der Waals surface area contributed by atoms with Gasteiger partial charge in [0.1, 0.15) is 5.82 Å². The van der Waals surface area contributed by atoms with Gasteiger partial charge in [-0.3, -0.25) is 4.79 Å². The van der Waals surface area contributed by atoms with Crippen LogP contribution < -0.4 is 10.6 Å². The smallest absolute Gasteiger partial charge is 0.306 e. The van der Waals surface area contributed by atoms with Gasteiger partial charge >= 0.3 is 5.97 Å². The summed E-state index contributed by atoms with van der Waals surface area (Å²) < 4.78 is 13.8. The van der Waals surface area contributed by atoms with Gasteiger partial charge in [0.25, 0.3) is 0 Å². The van der Waals surface area contributed by atoms with Gasteiger partial charge in [0.2, 0.25) is 0 Å². The highest BCUT2D eigenvalue weighted by molar-refractivity contribution is 5.68. The summed E-state index contributed by atoms with van der Waals surface area (Å²) in [6.45, 7) is 0.842. The molecule has 6 heteroatoms. The molecule has 1 aromatic rings. The van der Waals surface area contributed by atoms with E-state index in [4.69, 9.17) is 10.8 Å². The number of carboxylic acids is 1. The van der Waals surface area contributed by atoms with E-state index in [-0.39, 0.29) is 6.42 Å². The summed E-state index contributed by atoms with van der Waals surface area (Å²) in [5, 5.41) is 18.8. The molecule has 0 amide bonds. The van der Waals surface area contributed by atoms with E-state index in [1.54, 1.807) is 17.0 Å². The standard InChI is InChI=1S/C13H17FN2O3/c14-10-7-9(15)1-2-11(10)16-5-3-13(19,4-6-16)8-12(17)18/h1-2,7,19H,3-6,8,15H2,(H,17,18). The van der Waals surface area contributed by atoms with Crippen molar-refractivity contribution in [2.45, 2.75) is 24.9 Å². The van der Waals surface area contributed by atoms with Gasteiger partial charge in [0.15, 0.2) is 0 Å². The molecular weight excluding hydrogens is 251 g/mol. The van der Waals surface area contributed by atoms with E-state index in [2.05, 4.69) is 0 Å². The number of piperidine rings is 1. The summed E-state index contributed by atoms with van der Waals surface area (Å²) in [6, 6.07) is 4.48. The fourth-order valence-corrected chi connectivity index (χ4v) is 2.40. The van der Waals surface area contributed by atoms with Crippen LogP contribution in [0.25, 0.3) is 0 Å². The Hall–Kier alpha value is -1.82. The number of nitrogens with zero attached hydrogens (tertiary/aromatic N) is 1. The zero-order valence-corrected chi connectivity index (χ0v) is 10.5. The Kier molecular flexibility index (Phi) is 3.61. The van der Waals surface area contributed by atoms with Crippen molar-refractivity contribution in [3.8, 4) is 0 Å². The highest BCUT2D eigenvalue weighted by Gasteiger charge is 2.34. The predicted octanol–water partition coefficient (Wildman–Crippen LogP) is 1.21. The zero-order chi connectivity index (χ0) is 14.0. The molecule has 1 fully saturated rings. The van der Waals surface area contributed by atoms with Crippen LogP contribution >= 0.6 is 0 Å². The number of carboxylic acid groups (broad SMARTS) is 1. The molecule has 104 valence electrons. The van der Waals surface area contributed by atoms with Crippen LogP contribution in [-0.2, 0) is 4.79 Å². The number of halogens is 1. The second-order valence-corrected chi connectivity index (χ2v) is 4.99. The number of hydrogen-bond donors (Lipinski definition) is 3. The van der Waals surface area contributed by atoms with Crippen LogP contribution in [0.3, 0.4) is 0 Å². The molecule has 4 N–H and O–H groups in total. The molecular formula is C13H17FN2O3. The molecule has 0 spiro atoms. The molecule has 0 aliphatic carbocycles. The molecule has 0 unspecified atom stereocenters. The summed E-state index contributed by atoms with van der Waals surface area (Å²) in [4.78, 5) is 12.5. The molecule has 1 aromatic carbocycles. The molecule has 0 saturated carbocycles. The van der Waals surface area contributed by atoms with Crippen LogP contribution in [0.4, 0.5) is 15.8 Å². The summed E-state index contributed by atoms with van der Waals surface area (Å²) in [5.41, 5.74) is 5.10. The lowest BCUT2D eigenvalue weighted by Crippen LogP contribution is -2.45. The van der Waals surface area contributed by atoms with Crippen LogP contribution in [0.15, 0.2) is 18.2 Å². The molecule has 5 nitrogen and oxygen atoms in total. The topological polar surface area (TPSA) is 86.8 Å².